The van der Waals surface area contributed by atoms with Crippen molar-refractivity contribution in [3.8, 4) is 11.3 Å². The molecule has 1 fully saturated rings. The first-order valence-corrected chi connectivity index (χ1v) is 8.03. The van der Waals surface area contributed by atoms with E-state index in [0.717, 1.165) is 36.6 Å². The van der Waals surface area contributed by atoms with E-state index in [1.807, 2.05) is 36.4 Å². The predicted octanol–water partition coefficient (Wildman–Crippen LogP) is 2.02. The first-order valence-electron chi connectivity index (χ1n) is 8.03. The van der Waals surface area contributed by atoms with E-state index in [1.54, 1.807) is 11.0 Å². The number of hydrogen-bond donors (Lipinski definition) is 1. The van der Waals surface area contributed by atoms with Crippen molar-refractivity contribution in [2.75, 3.05) is 42.9 Å². The van der Waals surface area contributed by atoms with Crippen LogP contribution in [0.5, 0.6) is 0 Å². The Morgan fingerprint density at radius 3 is 2.54 bits per heavy atom. The van der Waals surface area contributed by atoms with Gasteiger partial charge >= 0.3 is 0 Å². The molecule has 0 saturated carbocycles. The number of nitrogens with zero attached hydrogens (tertiary/aromatic N) is 4. The van der Waals surface area contributed by atoms with Crippen LogP contribution in [0.3, 0.4) is 0 Å². The van der Waals surface area contributed by atoms with E-state index in [4.69, 9.17) is 4.98 Å². The van der Waals surface area contributed by atoms with E-state index in [-0.39, 0.29) is 0 Å². The summed E-state index contributed by atoms with van der Waals surface area (Å²) < 4.78 is 0. The zero-order valence-corrected chi connectivity index (χ0v) is 13.6. The van der Waals surface area contributed by atoms with Crippen molar-refractivity contribution in [1.29, 1.82) is 0 Å². The Balaban J connectivity index is 1.90. The lowest BCUT2D eigenvalue weighted by molar-refractivity contribution is -0.118. The molecule has 124 valence electrons. The van der Waals surface area contributed by atoms with Crippen LogP contribution in [0.4, 0.5) is 11.8 Å². The number of carbonyl (C=O) groups excluding carboxylic acids is 1. The number of benzene rings is 1. The van der Waals surface area contributed by atoms with Crippen LogP contribution in [0, 0.1) is 0 Å². The summed E-state index contributed by atoms with van der Waals surface area (Å²) in [4.78, 5) is 24.1. The normalized spacial score (nSPS) is 14.3. The van der Waals surface area contributed by atoms with Crippen LogP contribution < -0.4 is 10.2 Å². The van der Waals surface area contributed by atoms with E-state index >= 15 is 0 Å². The molecule has 2 heterocycles. The molecule has 0 atom stereocenters. The molecule has 1 amide bonds. The molecule has 3 rings (SSSR count). The molecule has 24 heavy (non-hydrogen) atoms. The highest BCUT2D eigenvalue weighted by atomic mass is 16.1. The van der Waals surface area contributed by atoms with Crippen molar-refractivity contribution >= 4 is 18.2 Å². The molecule has 1 aliphatic heterocycles. The molecule has 0 spiro atoms. The van der Waals surface area contributed by atoms with Gasteiger partial charge in [-0.15, -0.1) is 6.58 Å². The van der Waals surface area contributed by atoms with Gasteiger partial charge in [-0.3, -0.25) is 4.79 Å². The molecule has 6 heteroatoms. The number of piperazine rings is 1. The van der Waals surface area contributed by atoms with Crippen molar-refractivity contribution in [3.05, 3.63) is 49.1 Å². The summed E-state index contributed by atoms with van der Waals surface area (Å²) in [7, 11) is 0. The van der Waals surface area contributed by atoms with Gasteiger partial charge in [0.1, 0.15) is 5.82 Å². The molecule has 1 saturated heterocycles. The Bertz CT molecular complexity index is 696. The first-order chi connectivity index (χ1) is 11.8. The highest BCUT2D eigenvalue weighted by Gasteiger charge is 2.19. The third-order valence-corrected chi connectivity index (χ3v) is 3.96. The lowest BCUT2D eigenvalue weighted by Gasteiger charge is -2.32. The molecule has 1 N–H and O–H groups in total. The first kappa shape index (κ1) is 16.0. The number of nitrogens with one attached hydrogen (secondary N) is 1. The quantitative estimate of drug-likeness (QED) is 0.651. The molecule has 1 aromatic carbocycles. The Morgan fingerprint density at radius 2 is 1.88 bits per heavy atom. The summed E-state index contributed by atoms with van der Waals surface area (Å²) >= 11 is 0. The number of aromatic nitrogens is 2. The Kier molecular flexibility index (Phi) is 5.05. The fraction of sp³-hybridized carbons (Fsp3) is 0.278. The summed E-state index contributed by atoms with van der Waals surface area (Å²) in [5.41, 5.74) is 1.93. The molecule has 2 aromatic rings. The summed E-state index contributed by atoms with van der Waals surface area (Å²) in [6, 6.07) is 12.0. The molecule has 6 nitrogen and oxygen atoms in total. The summed E-state index contributed by atoms with van der Waals surface area (Å²) in [6.45, 7) is 7.23. The van der Waals surface area contributed by atoms with E-state index in [2.05, 4.69) is 21.8 Å². The van der Waals surface area contributed by atoms with Crippen molar-refractivity contribution in [2.45, 2.75) is 0 Å². The number of hydrogen-bond acceptors (Lipinski definition) is 5. The maximum Gasteiger partial charge on any atom is 0.227 e. The SMILES string of the molecule is C=CCNc1cc(-c2ccccc2)nc(N2CCN(C=O)CC2)n1. The Hall–Kier alpha value is -2.89. The smallest absolute Gasteiger partial charge is 0.227 e. The second-order valence-corrected chi connectivity index (χ2v) is 5.60. The van der Waals surface area contributed by atoms with Gasteiger partial charge in [-0.1, -0.05) is 36.4 Å². The predicted molar refractivity (Wildman–Crippen MR) is 96.0 cm³/mol. The van der Waals surface area contributed by atoms with Gasteiger partial charge < -0.3 is 15.1 Å². The van der Waals surface area contributed by atoms with Crippen LogP contribution in [-0.4, -0.2) is 54.0 Å². The van der Waals surface area contributed by atoms with Crippen molar-refractivity contribution in [3.63, 3.8) is 0 Å². The number of amides is 1. The summed E-state index contributed by atoms with van der Waals surface area (Å²) in [5, 5.41) is 3.24. The van der Waals surface area contributed by atoms with Gasteiger partial charge in [-0.25, -0.2) is 4.98 Å². The number of rotatable bonds is 6. The highest BCUT2D eigenvalue weighted by molar-refractivity contribution is 5.64. The summed E-state index contributed by atoms with van der Waals surface area (Å²) in [6.07, 6.45) is 2.70. The minimum absolute atomic E-state index is 0.642. The standard InChI is InChI=1S/C18H21N5O/c1-2-8-19-17-13-16(15-6-4-3-5-7-15)20-18(21-17)23-11-9-22(14-24)10-12-23/h2-7,13-14H,1,8-12H2,(H,19,20,21). The van der Waals surface area contributed by atoms with E-state index < -0.39 is 0 Å². The fourth-order valence-electron chi connectivity index (χ4n) is 2.63. The lowest BCUT2D eigenvalue weighted by Crippen LogP contribution is -2.46. The largest absolute Gasteiger partial charge is 0.366 e. The van der Waals surface area contributed by atoms with E-state index in [0.29, 0.717) is 25.6 Å². The van der Waals surface area contributed by atoms with Crippen LogP contribution in [0.2, 0.25) is 0 Å². The van der Waals surface area contributed by atoms with Gasteiger partial charge in [-0.2, -0.15) is 4.98 Å². The topological polar surface area (TPSA) is 61.4 Å². The zero-order valence-electron chi connectivity index (χ0n) is 13.6. The molecule has 1 aromatic heterocycles. The van der Waals surface area contributed by atoms with E-state index in [9.17, 15) is 4.79 Å². The molecule has 0 aliphatic carbocycles. The average molecular weight is 323 g/mol. The van der Waals surface area contributed by atoms with Crippen molar-refractivity contribution in [2.24, 2.45) is 0 Å². The van der Waals surface area contributed by atoms with Crippen molar-refractivity contribution in [1.82, 2.24) is 14.9 Å². The van der Waals surface area contributed by atoms with Gasteiger partial charge in [0.05, 0.1) is 5.69 Å². The minimum Gasteiger partial charge on any atom is -0.366 e. The fourth-order valence-corrected chi connectivity index (χ4v) is 2.63. The van der Waals surface area contributed by atoms with Gasteiger partial charge in [-0.05, 0) is 0 Å². The van der Waals surface area contributed by atoms with Crippen LogP contribution in [0.1, 0.15) is 0 Å². The van der Waals surface area contributed by atoms with Crippen LogP contribution in [0.25, 0.3) is 11.3 Å². The van der Waals surface area contributed by atoms with Gasteiger partial charge in [0.15, 0.2) is 0 Å². The maximum absolute atomic E-state index is 10.9. The molecular weight excluding hydrogens is 302 g/mol. The maximum atomic E-state index is 10.9. The summed E-state index contributed by atoms with van der Waals surface area (Å²) in [5.74, 6) is 1.46. The third-order valence-electron chi connectivity index (χ3n) is 3.96. The monoisotopic (exact) mass is 323 g/mol. The molecule has 1 aliphatic rings. The van der Waals surface area contributed by atoms with Gasteiger partial charge in [0.2, 0.25) is 12.4 Å². The van der Waals surface area contributed by atoms with Gasteiger partial charge in [0, 0.05) is 44.4 Å². The number of carbonyl (C=O) groups is 1. The second-order valence-electron chi connectivity index (χ2n) is 5.60. The Labute approximate surface area is 141 Å². The third kappa shape index (κ3) is 3.71. The van der Waals surface area contributed by atoms with E-state index in [1.165, 1.54) is 0 Å². The molecular formula is C18H21N5O. The minimum atomic E-state index is 0.642. The van der Waals surface area contributed by atoms with Crippen LogP contribution >= 0.6 is 0 Å². The lowest BCUT2D eigenvalue weighted by atomic mass is 10.1. The zero-order chi connectivity index (χ0) is 16.8. The van der Waals surface area contributed by atoms with Gasteiger partial charge in [0.25, 0.3) is 0 Å². The van der Waals surface area contributed by atoms with Crippen molar-refractivity contribution < 1.29 is 4.79 Å². The molecule has 0 bridgehead atoms. The highest BCUT2D eigenvalue weighted by Crippen LogP contribution is 2.23. The second kappa shape index (κ2) is 7.59. The molecule has 0 radical (unpaired) electrons. The van der Waals surface area contributed by atoms with Crippen LogP contribution in [-0.2, 0) is 4.79 Å². The van der Waals surface area contributed by atoms with Crippen LogP contribution in [0.15, 0.2) is 49.1 Å². The Morgan fingerprint density at radius 1 is 1.12 bits per heavy atom. The average Bonchev–Trinajstić information content (AvgIpc) is 2.67. The number of anilines is 2. The molecule has 0 unspecified atom stereocenters.